The molecule has 1 aromatic rings. The van der Waals surface area contributed by atoms with Gasteiger partial charge in [-0.15, -0.1) is 0 Å². The smallest absolute Gasteiger partial charge is 0.310 e. The summed E-state index contributed by atoms with van der Waals surface area (Å²) >= 11 is 0. The lowest BCUT2D eigenvalue weighted by atomic mass is 9.79. The van der Waals surface area contributed by atoms with Gasteiger partial charge >= 0.3 is 5.97 Å². The molecule has 0 aromatic heterocycles. The third-order valence-electron chi connectivity index (χ3n) is 5.44. The van der Waals surface area contributed by atoms with Gasteiger partial charge < -0.3 is 14.8 Å². The Morgan fingerprint density at radius 3 is 2.92 bits per heavy atom. The van der Waals surface area contributed by atoms with E-state index in [0.717, 1.165) is 6.42 Å². The summed E-state index contributed by atoms with van der Waals surface area (Å²) in [7, 11) is 1.44. The zero-order valence-electron chi connectivity index (χ0n) is 12.9. The molecule has 5 atom stereocenters. The number of amides is 1. The van der Waals surface area contributed by atoms with Crippen LogP contribution in [-0.2, 0) is 14.3 Å². The van der Waals surface area contributed by atoms with Crippen LogP contribution >= 0.6 is 0 Å². The number of hydrogen-bond donors (Lipinski definition) is 1. The zero-order chi connectivity index (χ0) is 17.0. The Hall–Kier alpha value is -2.64. The van der Waals surface area contributed by atoms with E-state index in [-0.39, 0.29) is 41.2 Å². The molecule has 1 aliphatic heterocycles. The molecule has 2 aliphatic carbocycles. The fraction of sp³-hybridized carbons (Fsp3) is 0.500. The normalized spacial score (nSPS) is 32.5. The van der Waals surface area contributed by atoms with E-state index >= 15 is 0 Å². The maximum atomic E-state index is 12.7. The number of nitrogens with zero attached hydrogens (tertiary/aromatic N) is 1. The van der Waals surface area contributed by atoms with E-state index in [2.05, 4.69) is 5.32 Å². The molecule has 1 N–H and O–H groups in total. The third kappa shape index (κ3) is 2.05. The highest BCUT2D eigenvalue weighted by molar-refractivity contribution is 5.98. The molecule has 8 nitrogen and oxygen atoms in total. The van der Waals surface area contributed by atoms with E-state index in [1.807, 2.05) is 0 Å². The highest BCUT2D eigenvalue weighted by atomic mass is 16.6. The molecular formula is C16H16N2O6. The van der Waals surface area contributed by atoms with Crippen molar-refractivity contribution in [1.29, 1.82) is 0 Å². The van der Waals surface area contributed by atoms with Crippen LogP contribution in [0.2, 0.25) is 0 Å². The first-order chi connectivity index (χ1) is 11.5. The van der Waals surface area contributed by atoms with Gasteiger partial charge in [-0.25, -0.2) is 0 Å². The van der Waals surface area contributed by atoms with Crippen molar-refractivity contribution in [1.82, 2.24) is 0 Å². The van der Waals surface area contributed by atoms with E-state index in [9.17, 15) is 19.7 Å². The molecule has 2 saturated carbocycles. The maximum absolute atomic E-state index is 12.7. The van der Waals surface area contributed by atoms with E-state index in [1.165, 1.54) is 25.3 Å². The SMILES string of the molecule is COc1ccc([N+](=O)[O-])c(NC(=O)[C@@H]2[C@@H]3C[C@@H]4[C@@H]2C(=O)O[C@@H]4C3)c1. The van der Waals surface area contributed by atoms with Gasteiger partial charge in [-0.1, -0.05) is 0 Å². The van der Waals surface area contributed by atoms with Crippen molar-refractivity contribution in [3.05, 3.63) is 28.3 Å². The molecule has 2 bridgehead atoms. The topological polar surface area (TPSA) is 108 Å². The minimum absolute atomic E-state index is 0.0531. The number of esters is 1. The molecule has 126 valence electrons. The van der Waals surface area contributed by atoms with E-state index in [4.69, 9.17) is 9.47 Å². The molecule has 8 heteroatoms. The first kappa shape index (κ1) is 14.9. The highest BCUT2D eigenvalue weighted by Gasteiger charge is 2.63. The predicted octanol–water partition coefficient (Wildman–Crippen LogP) is 1.74. The number of ether oxygens (including phenoxy) is 2. The lowest BCUT2D eigenvalue weighted by Crippen LogP contribution is -2.36. The Morgan fingerprint density at radius 2 is 2.21 bits per heavy atom. The van der Waals surface area contributed by atoms with Gasteiger partial charge in [-0.3, -0.25) is 19.7 Å². The molecular weight excluding hydrogens is 316 g/mol. The third-order valence-corrected chi connectivity index (χ3v) is 5.44. The van der Waals surface area contributed by atoms with Gasteiger partial charge in [0, 0.05) is 18.1 Å². The van der Waals surface area contributed by atoms with Gasteiger partial charge in [-0.2, -0.15) is 0 Å². The maximum Gasteiger partial charge on any atom is 0.310 e. The highest BCUT2D eigenvalue weighted by Crippen LogP contribution is 2.57. The fourth-order valence-corrected chi connectivity index (χ4v) is 4.48. The Morgan fingerprint density at radius 1 is 1.42 bits per heavy atom. The Labute approximate surface area is 137 Å². The van der Waals surface area contributed by atoms with Crippen molar-refractivity contribution in [2.75, 3.05) is 12.4 Å². The number of rotatable bonds is 4. The van der Waals surface area contributed by atoms with E-state index in [0.29, 0.717) is 12.2 Å². The molecule has 4 rings (SSSR count). The van der Waals surface area contributed by atoms with Crippen molar-refractivity contribution >= 4 is 23.3 Å². The van der Waals surface area contributed by atoms with Crippen LogP contribution in [0.5, 0.6) is 5.75 Å². The van der Waals surface area contributed by atoms with Gasteiger partial charge in [0.05, 0.1) is 23.9 Å². The summed E-state index contributed by atoms with van der Waals surface area (Å²) in [4.78, 5) is 35.3. The molecule has 24 heavy (non-hydrogen) atoms. The number of nitro benzene ring substituents is 1. The van der Waals surface area contributed by atoms with Crippen LogP contribution in [0.25, 0.3) is 0 Å². The van der Waals surface area contributed by atoms with Gasteiger partial charge in [0.25, 0.3) is 5.69 Å². The lowest BCUT2D eigenvalue weighted by Gasteiger charge is -2.23. The molecule has 1 saturated heterocycles. The average Bonchev–Trinajstić information content (AvgIpc) is 3.16. The first-order valence-electron chi connectivity index (χ1n) is 7.83. The van der Waals surface area contributed by atoms with Crippen LogP contribution in [0.3, 0.4) is 0 Å². The number of carbonyl (C=O) groups excluding carboxylic acids is 2. The zero-order valence-corrected chi connectivity index (χ0v) is 12.9. The summed E-state index contributed by atoms with van der Waals surface area (Å²) in [5.41, 5.74) is -0.130. The van der Waals surface area contributed by atoms with Crippen molar-refractivity contribution in [2.24, 2.45) is 23.7 Å². The number of nitrogens with one attached hydrogen (secondary N) is 1. The lowest BCUT2D eigenvalue weighted by molar-refractivity contribution is -0.384. The molecule has 0 spiro atoms. The van der Waals surface area contributed by atoms with Crippen molar-refractivity contribution in [3.8, 4) is 5.75 Å². The summed E-state index contributed by atoms with van der Waals surface area (Å²) in [6.07, 6.45) is 1.45. The summed E-state index contributed by atoms with van der Waals surface area (Å²) in [6, 6.07) is 4.17. The number of benzene rings is 1. The molecule has 0 unspecified atom stereocenters. The van der Waals surface area contributed by atoms with Crippen molar-refractivity contribution in [2.45, 2.75) is 18.9 Å². The van der Waals surface area contributed by atoms with Crippen LogP contribution in [-0.4, -0.2) is 30.0 Å². The number of fused-ring (bicyclic) bond motifs is 1. The fourth-order valence-electron chi connectivity index (χ4n) is 4.48. The summed E-state index contributed by atoms with van der Waals surface area (Å²) in [5.74, 6) is -0.958. The number of nitro groups is 1. The second-order valence-corrected chi connectivity index (χ2v) is 6.55. The quantitative estimate of drug-likeness (QED) is 0.511. The van der Waals surface area contributed by atoms with Crippen molar-refractivity contribution in [3.63, 3.8) is 0 Å². The molecule has 1 heterocycles. The molecule has 3 fully saturated rings. The van der Waals surface area contributed by atoms with Crippen LogP contribution in [0.4, 0.5) is 11.4 Å². The van der Waals surface area contributed by atoms with Gasteiger partial charge in [-0.05, 0) is 24.8 Å². The summed E-state index contributed by atoms with van der Waals surface area (Å²) < 4.78 is 10.4. The van der Waals surface area contributed by atoms with Crippen LogP contribution in [0.1, 0.15) is 12.8 Å². The number of carbonyl (C=O) groups is 2. The summed E-state index contributed by atoms with van der Waals surface area (Å²) in [5, 5.41) is 13.8. The monoisotopic (exact) mass is 332 g/mol. The van der Waals surface area contributed by atoms with Gasteiger partial charge in [0.1, 0.15) is 17.5 Å². The Kier molecular flexibility index (Phi) is 3.22. The second-order valence-electron chi connectivity index (χ2n) is 6.55. The molecule has 1 amide bonds. The molecule has 1 aromatic carbocycles. The number of hydrogen-bond acceptors (Lipinski definition) is 6. The standard InChI is InChI=1S/C16H16N2O6/c1-23-8-2-3-11(18(21)22)10(6-8)17-15(19)13-7-4-9-12(5-7)24-16(20)14(9)13/h2-3,6-7,9,12-14H,4-5H2,1H3,(H,17,19)/t7-,9+,12-,13-,14+/m1/s1. The average molecular weight is 332 g/mol. The first-order valence-corrected chi connectivity index (χ1v) is 7.83. The van der Waals surface area contributed by atoms with E-state index in [1.54, 1.807) is 0 Å². The van der Waals surface area contributed by atoms with Gasteiger partial charge in [0.15, 0.2) is 0 Å². The predicted molar refractivity (Wildman–Crippen MR) is 81.4 cm³/mol. The van der Waals surface area contributed by atoms with E-state index < -0.39 is 16.8 Å². The number of methoxy groups -OCH3 is 1. The van der Waals surface area contributed by atoms with Crippen LogP contribution in [0.15, 0.2) is 18.2 Å². The van der Waals surface area contributed by atoms with Gasteiger partial charge in [0.2, 0.25) is 5.91 Å². The van der Waals surface area contributed by atoms with Crippen LogP contribution in [0, 0.1) is 33.8 Å². The molecule has 0 radical (unpaired) electrons. The minimum atomic E-state index is -0.560. The number of anilines is 1. The summed E-state index contributed by atoms with van der Waals surface area (Å²) in [6.45, 7) is 0. The van der Waals surface area contributed by atoms with Crippen molar-refractivity contribution < 1.29 is 24.0 Å². The second kappa shape index (κ2) is 5.19. The minimum Gasteiger partial charge on any atom is -0.497 e. The Bertz CT molecular complexity index is 746. The Balaban J connectivity index is 1.61. The largest absolute Gasteiger partial charge is 0.497 e. The molecule has 3 aliphatic rings. The van der Waals surface area contributed by atoms with Crippen LogP contribution < -0.4 is 10.1 Å².